The third-order valence-electron chi connectivity index (χ3n) is 1.36. The Morgan fingerprint density at radius 1 is 1.58 bits per heavy atom. The van der Waals surface area contributed by atoms with Crippen LogP contribution in [-0.2, 0) is 0 Å². The van der Waals surface area contributed by atoms with Gasteiger partial charge in [-0.25, -0.2) is 0 Å². The molecule has 0 saturated carbocycles. The van der Waals surface area contributed by atoms with Gasteiger partial charge in [0.25, 0.3) is 0 Å². The molecule has 0 aliphatic rings. The van der Waals surface area contributed by atoms with E-state index in [1.165, 1.54) is 6.07 Å². The van der Waals surface area contributed by atoms with Crippen molar-refractivity contribution in [3.05, 3.63) is 28.3 Å². The van der Waals surface area contributed by atoms with Gasteiger partial charge in [0.05, 0.1) is 16.1 Å². The first-order chi connectivity index (χ1) is 5.69. The van der Waals surface area contributed by atoms with Crippen molar-refractivity contribution < 1.29 is 9.90 Å². The van der Waals surface area contributed by atoms with E-state index in [1.54, 1.807) is 6.07 Å². The fraction of sp³-hybridized carbons (Fsp3) is 0. The summed E-state index contributed by atoms with van der Waals surface area (Å²) in [6.07, 6.45) is 0.475. The Bertz CT molecular complexity index is 368. The fourth-order valence-corrected chi connectivity index (χ4v) is 0.972. The lowest BCUT2D eigenvalue weighted by Crippen LogP contribution is -1.84. The lowest BCUT2D eigenvalue weighted by molar-refractivity contribution is 0.112. The zero-order valence-electron chi connectivity index (χ0n) is 5.91. The standard InChI is InChI=1S/C8H4ClNO2/c9-7-1-6(4-11)8(12)2-5(7)3-10/h1-2,4,12H. The summed E-state index contributed by atoms with van der Waals surface area (Å²) in [4.78, 5) is 10.3. The summed E-state index contributed by atoms with van der Waals surface area (Å²) >= 11 is 5.59. The number of phenols is 1. The molecule has 1 aromatic rings. The smallest absolute Gasteiger partial charge is 0.153 e. The van der Waals surface area contributed by atoms with Crippen LogP contribution in [0.2, 0.25) is 5.02 Å². The van der Waals surface area contributed by atoms with Crippen LogP contribution in [0.1, 0.15) is 15.9 Å². The van der Waals surface area contributed by atoms with Crippen molar-refractivity contribution in [2.75, 3.05) is 0 Å². The highest BCUT2D eigenvalue weighted by Gasteiger charge is 2.05. The number of benzene rings is 1. The summed E-state index contributed by atoms with van der Waals surface area (Å²) in [7, 11) is 0. The molecular weight excluding hydrogens is 178 g/mol. The first-order valence-corrected chi connectivity index (χ1v) is 3.44. The van der Waals surface area contributed by atoms with Crippen molar-refractivity contribution >= 4 is 17.9 Å². The Morgan fingerprint density at radius 3 is 2.75 bits per heavy atom. The predicted octanol–water partition coefficient (Wildman–Crippen LogP) is 1.73. The van der Waals surface area contributed by atoms with Gasteiger partial charge >= 0.3 is 0 Å². The molecule has 60 valence electrons. The average molecular weight is 182 g/mol. The molecule has 1 N–H and O–H groups in total. The van der Waals surface area contributed by atoms with E-state index in [2.05, 4.69) is 0 Å². The fourth-order valence-electron chi connectivity index (χ4n) is 0.757. The summed E-state index contributed by atoms with van der Waals surface area (Å²) in [5, 5.41) is 17.7. The predicted molar refractivity (Wildman–Crippen MR) is 43.2 cm³/mol. The maximum Gasteiger partial charge on any atom is 0.153 e. The Morgan fingerprint density at radius 2 is 2.25 bits per heavy atom. The minimum atomic E-state index is -0.231. The molecule has 0 fully saturated rings. The van der Waals surface area contributed by atoms with Gasteiger partial charge in [-0.3, -0.25) is 4.79 Å². The van der Waals surface area contributed by atoms with Gasteiger partial charge in [-0.2, -0.15) is 5.26 Å². The molecule has 0 spiro atoms. The number of nitriles is 1. The lowest BCUT2D eigenvalue weighted by atomic mass is 10.1. The Balaban J connectivity index is 3.38. The van der Waals surface area contributed by atoms with Gasteiger partial charge in [0, 0.05) is 0 Å². The lowest BCUT2D eigenvalue weighted by Gasteiger charge is -1.98. The van der Waals surface area contributed by atoms with Gasteiger partial charge in [0.2, 0.25) is 0 Å². The van der Waals surface area contributed by atoms with Crippen LogP contribution in [-0.4, -0.2) is 11.4 Å². The summed E-state index contributed by atoms with van der Waals surface area (Å²) < 4.78 is 0. The van der Waals surface area contributed by atoms with E-state index in [4.69, 9.17) is 22.0 Å². The molecule has 0 aliphatic heterocycles. The topological polar surface area (TPSA) is 61.1 Å². The van der Waals surface area contributed by atoms with Crippen molar-refractivity contribution in [2.45, 2.75) is 0 Å². The molecule has 3 nitrogen and oxygen atoms in total. The van der Waals surface area contributed by atoms with E-state index >= 15 is 0 Å². The summed E-state index contributed by atoms with van der Waals surface area (Å²) in [6.45, 7) is 0. The monoisotopic (exact) mass is 181 g/mol. The maximum absolute atomic E-state index is 10.3. The van der Waals surface area contributed by atoms with E-state index in [1.807, 2.05) is 0 Å². The third-order valence-corrected chi connectivity index (χ3v) is 1.68. The van der Waals surface area contributed by atoms with Crippen LogP contribution in [0.5, 0.6) is 5.75 Å². The van der Waals surface area contributed by atoms with Gasteiger partial charge in [-0.05, 0) is 12.1 Å². The first kappa shape index (κ1) is 8.57. The summed E-state index contributed by atoms with van der Waals surface area (Å²) in [5.41, 5.74) is 0.235. The summed E-state index contributed by atoms with van der Waals surface area (Å²) in [6, 6.07) is 4.19. The molecule has 0 amide bonds. The number of aldehydes is 1. The van der Waals surface area contributed by atoms with Crippen LogP contribution in [0.3, 0.4) is 0 Å². The normalized spacial score (nSPS) is 9.00. The molecule has 0 radical (unpaired) electrons. The van der Waals surface area contributed by atoms with Gasteiger partial charge in [0.1, 0.15) is 11.8 Å². The number of halogens is 1. The SMILES string of the molecule is N#Cc1cc(O)c(C=O)cc1Cl. The molecule has 1 rings (SSSR count). The molecule has 1 aromatic carbocycles. The molecule has 0 bridgehead atoms. The number of hydrogen-bond donors (Lipinski definition) is 1. The van der Waals surface area contributed by atoms with E-state index in [0.29, 0.717) is 6.29 Å². The molecular formula is C8H4ClNO2. The Hall–Kier alpha value is -1.53. The van der Waals surface area contributed by atoms with Crippen LogP contribution in [0, 0.1) is 11.3 Å². The zero-order valence-corrected chi connectivity index (χ0v) is 6.67. The van der Waals surface area contributed by atoms with E-state index in [-0.39, 0.29) is 21.9 Å². The number of carbonyl (C=O) groups excluding carboxylic acids is 1. The van der Waals surface area contributed by atoms with E-state index in [9.17, 15) is 4.79 Å². The molecule has 0 saturated heterocycles. The second kappa shape index (κ2) is 3.24. The van der Waals surface area contributed by atoms with Crippen LogP contribution in [0.25, 0.3) is 0 Å². The largest absolute Gasteiger partial charge is 0.507 e. The second-order valence-corrected chi connectivity index (χ2v) is 2.53. The van der Waals surface area contributed by atoms with Crippen molar-refractivity contribution in [1.82, 2.24) is 0 Å². The number of phenolic OH excluding ortho intramolecular Hbond substituents is 1. The Labute approximate surface area is 73.8 Å². The van der Waals surface area contributed by atoms with Gasteiger partial charge < -0.3 is 5.11 Å². The number of rotatable bonds is 1. The van der Waals surface area contributed by atoms with Gasteiger partial charge in [-0.1, -0.05) is 11.6 Å². The number of aromatic hydroxyl groups is 1. The quantitative estimate of drug-likeness (QED) is 0.672. The van der Waals surface area contributed by atoms with Crippen molar-refractivity contribution in [1.29, 1.82) is 5.26 Å². The first-order valence-electron chi connectivity index (χ1n) is 3.07. The van der Waals surface area contributed by atoms with E-state index in [0.717, 1.165) is 6.07 Å². The maximum atomic E-state index is 10.3. The molecule has 12 heavy (non-hydrogen) atoms. The Kier molecular flexibility index (Phi) is 2.32. The highest BCUT2D eigenvalue weighted by Crippen LogP contribution is 2.24. The highest BCUT2D eigenvalue weighted by atomic mass is 35.5. The molecule has 0 aromatic heterocycles. The van der Waals surface area contributed by atoms with Crippen LogP contribution >= 0.6 is 11.6 Å². The van der Waals surface area contributed by atoms with Crippen molar-refractivity contribution in [2.24, 2.45) is 0 Å². The summed E-state index contributed by atoms with van der Waals surface area (Å²) in [5.74, 6) is -0.231. The number of hydrogen-bond acceptors (Lipinski definition) is 3. The second-order valence-electron chi connectivity index (χ2n) is 2.12. The highest BCUT2D eigenvalue weighted by molar-refractivity contribution is 6.32. The number of nitrogens with zero attached hydrogens (tertiary/aromatic N) is 1. The number of carbonyl (C=O) groups is 1. The zero-order chi connectivity index (χ0) is 9.14. The third kappa shape index (κ3) is 1.39. The van der Waals surface area contributed by atoms with Crippen LogP contribution < -0.4 is 0 Å². The molecule has 0 aliphatic carbocycles. The van der Waals surface area contributed by atoms with Gasteiger partial charge in [-0.15, -0.1) is 0 Å². The molecule has 4 heteroatoms. The van der Waals surface area contributed by atoms with E-state index < -0.39 is 0 Å². The van der Waals surface area contributed by atoms with Crippen LogP contribution in [0.4, 0.5) is 0 Å². The minimum Gasteiger partial charge on any atom is -0.507 e. The van der Waals surface area contributed by atoms with Gasteiger partial charge in [0.15, 0.2) is 6.29 Å². The molecule has 0 atom stereocenters. The minimum absolute atomic E-state index is 0.0824. The molecule has 0 heterocycles. The van der Waals surface area contributed by atoms with Crippen molar-refractivity contribution in [3.63, 3.8) is 0 Å². The molecule has 0 unspecified atom stereocenters. The van der Waals surface area contributed by atoms with Crippen molar-refractivity contribution in [3.8, 4) is 11.8 Å². The average Bonchev–Trinajstić information content (AvgIpc) is 2.08. The van der Waals surface area contributed by atoms with Crippen LogP contribution in [0.15, 0.2) is 12.1 Å².